The average molecular weight is 368 g/mol. The second-order valence-electron chi connectivity index (χ2n) is 5.61. The first-order valence-corrected chi connectivity index (χ1v) is 9.05. The summed E-state index contributed by atoms with van der Waals surface area (Å²) >= 11 is 1.31. The van der Waals surface area contributed by atoms with E-state index < -0.39 is 0 Å². The summed E-state index contributed by atoms with van der Waals surface area (Å²) in [6.45, 7) is 2.11. The van der Waals surface area contributed by atoms with Crippen LogP contribution in [0.5, 0.6) is 11.5 Å². The predicted molar refractivity (Wildman–Crippen MR) is 106 cm³/mol. The van der Waals surface area contributed by atoms with Crippen molar-refractivity contribution in [1.29, 1.82) is 0 Å². The third-order valence-corrected chi connectivity index (χ3v) is 4.86. The molecule has 6 heteroatoms. The summed E-state index contributed by atoms with van der Waals surface area (Å²) in [7, 11) is 3.20. The number of carbonyl (C=O) groups excluding carboxylic acids is 1. The highest BCUT2D eigenvalue weighted by Gasteiger charge is 2.24. The number of benzene rings is 2. The lowest BCUT2D eigenvalue weighted by atomic mass is 10.1. The Morgan fingerprint density at radius 3 is 2.54 bits per heavy atom. The highest BCUT2D eigenvalue weighted by molar-refractivity contribution is 8.18. The summed E-state index contributed by atoms with van der Waals surface area (Å²) in [6.07, 6.45) is 2.77. The van der Waals surface area contributed by atoms with Crippen molar-refractivity contribution in [3.05, 3.63) is 58.5 Å². The molecule has 0 saturated carbocycles. The van der Waals surface area contributed by atoms with E-state index >= 15 is 0 Å². The summed E-state index contributed by atoms with van der Waals surface area (Å²) in [5.41, 5.74) is 2.84. The first-order valence-electron chi connectivity index (χ1n) is 8.23. The quantitative estimate of drug-likeness (QED) is 0.805. The van der Waals surface area contributed by atoms with Crippen molar-refractivity contribution in [1.82, 2.24) is 5.32 Å². The van der Waals surface area contributed by atoms with E-state index in [1.165, 1.54) is 17.3 Å². The summed E-state index contributed by atoms with van der Waals surface area (Å²) < 4.78 is 10.6. The third kappa shape index (κ3) is 4.08. The van der Waals surface area contributed by atoms with E-state index in [4.69, 9.17) is 9.47 Å². The summed E-state index contributed by atoms with van der Waals surface area (Å²) in [5.74, 6) is 1.20. The van der Waals surface area contributed by atoms with E-state index in [1.54, 1.807) is 20.3 Å². The Morgan fingerprint density at radius 2 is 1.88 bits per heavy atom. The lowest BCUT2D eigenvalue weighted by molar-refractivity contribution is -0.115. The van der Waals surface area contributed by atoms with E-state index in [0.29, 0.717) is 21.6 Å². The Kier molecular flexibility index (Phi) is 5.63. The zero-order valence-electron chi connectivity index (χ0n) is 14.9. The molecule has 0 aliphatic carbocycles. The van der Waals surface area contributed by atoms with Crippen molar-refractivity contribution in [3.8, 4) is 11.5 Å². The van der Waals surface area contributed by atoms with Gasteiger partial charge in [0.1, 0.15) is 11.5 Å². The Hall–Kier alpha value is -2.73. The Balaban J connectivity index is 1.85. The first-order chi connectivity index (χ1) is 12.6. The van der Waals surface area contributed by atoms with Gasteiger partial charge in [-0.15, -0.1) is 0 Å². The van der Waals surface area contributed by atoms with Crippen molar-refractivity contribution in [2.75, 3.05) is 14.2 Å². The number of methoxy groups -OCH3 is 2. The van der Waals surface area contributed by atoms with Crippen LogP contribution in [0.3, 0.4) is 0 Å². The molecule has 0 spiro atoms. The van der Waals surface area contributed by atoms with E-state index in [9.17, 15) is 4.79 Å². The summed E-state index contributed by atoms with van der Waals surface area (Å²) in [6, 6.07) is 13.4. The minimum atomic E-state index is -0.177. The zero-order chi connectivity index (χ0) is 18.5. The maximum absolute atomic E-state index is 12.3. The van der Waals surface area contributed by atoms with E-state index in [1.807, 2.05) is 42.5 Å². The van der Waals surface area contributed by atoms with Gasteiger partial charge in [0.25, 0.3) is 5.91 Å². The number of hydrogen-bond acceptors (Lipinski definition) is 5. The van der Waals surface area contributed by atoms with Gasteiger partial charge in [-0.2, -0.15) is 0 Å². The second kappa shape index (κ2) is 8.10. The number of rotatable bonds is 5. The van der Waals surface area contributed by atoms with Gasteiger partial charge in [-0.25, -0.2) is 4.99 Å². The molecule has 1 aliphatic rings. The molecule has 1 aliphatic heterocycles. The fourth-order valence-corrected chi connectivity index (χ4v) is 3.33. The fourth-order valence-electron chi connectivity index (χ4n) is 2.50. The van der Waals surface area contributed by atoms with Crippen LogP contribution >= 0.6 is 11.8 Å². The molecule has 2 aromatic carbocycles. The van der Waals surface area contributed by atoms with E-state index in [0.717, 1.165) is 17.7 Å². The van der Waals surface area contributed by atoms with Crippen LogP contribution in [0, 0.1) is 0 Å². The molecular formula is C20H20N2O3S. The van der Waals surface area contributed by atoms with Gasteiger partial charge in [-0.3, -0.25) is 4.79 Å². The van der Waals surface area contributed by atoms with Gasteiger partial charge in [-0.1, -0.05) is 19.1 Å². The molecular weight excluding hydrogens is 348 g/mol. The number of thioether (sulfide) groups is 1. The Labute approximate surface area is 157 Å². The topological polar surface area (TPSA) is 59.9 Å². The predicted octanol–water partition coefficient (Wildman–Crippen LogP) is 4.16. The van der Waals surface area contributed by atoms with Gasteiger partial charge >= 0.3 is 0 Å². The largest absolute Gasteiger partial charge is 0.497 e. The molecule has 1 N–H and O–H groups in total. The summed E-state index contributed by atoms with van der Waals surface area (Å²) in [4.78, 5) is 17.3. The monoisotopic (exact) mass is 368 g/mol. The third-order valence-electron chi connectivity index (χ3n) is 3.95. The maximum atomic E-state index is 12.3. The number of hydrogen-bond donors (Lipinski definition) is 1. The van der Waals surface area contributed by atoms with Crippen LogP contribution in [-0.4, -0.2) is 25.3 Å². The van der Waals surface area contributed by atoms with Crippen molar-refractivity contribution >= 4 is 34.6 Å². The Morgan fingerprint density at radius 1 is 1.12 bits per heavy atom. The fraction of sp³-hybridized carbons (Fsp3) is 0.200. The number of nitrogens with one attached hydrogen (secondary N) is 1. The van der Waals surface area contributed by atoms with Crippen molar-refractivity contribution in [2.45, 2.75) is 13.3 Å². The minimum Gasteiger partial charge on any atom is -0.497 e. The minimum absolute atomic E-state index is 0.177. The molecule has 0 unspecified atom stereocenters. The maximum Gasteiger partial charge on any atom is 0.264 e. The molecule has 1 heterocycles. The molecule has 3 rings (SSSR count). The van der Waals surface area contributed by atoms with Crippen molar-refractivity contribution in [3.63, 3.8) is 0 Å². The van der Waals surface area contributed by atoms with Crippen LogP contribution in [-0.2, 0) is 11.2 Å². The first kappa shape index (κ1) is 18.1. The molecule has 26 heavy (non-hydrogen) atoms. The number of aryl methyl sites for hydroxylation is 1. The zero-order valence-corrected chi connectivity index (χ0v) is 15.7. The molecule has 0 bridgehead atoms. The smallest absolute Gasteiger partial charge is 0.264 e. The van der Waals surface area contributed by atoms with Gasteiger partial charge in [0.05, 0.1) is 24.8 Å². The molecule has 1 saturated heterocycles. The number of amides is 1. The van der Waals surface area contributed by atoms with Crippen LogP contribution in [0.15, 0.2) is 52.4 Å². The standard InChI is InChI=1S/C20H20N2O3S/c1-4-13-5-7-15(8-6-13)21-20-22-19(23)18(26-20)12-14-11-16(24-2)9-10-17(14)25-3/h5-12H,4H2,1-3H3,(H,21,22,23)/b18-12-. The van der Waals surface area contributed by atoms with Crippen molar-refractivity contribution < 1.29 is 14.3 Å². The van der Waals surface area contributed by atoms with Crippen LogP contribution in [0.4, 0.5) is 5.69 Å². The second-order valence-corrected chi connectivity index (χ2v) is 6.64. The molecule has 134 valence electrons. The van der Waals surface area contributed by atoms with Gasteiger partial charge in [0.2, 0.25) is 0 Å². The van der Waals surface area contributed by atoms with Gasteiger partial charge < -0.3 is 14.8 Å². The van der Waals surface area contributed by atoms with E-state index in [-0.39, 0.29) is 5.91 Å². The molecule has 0 radical (unpaired) electrons. The SMILES string of the molecule is CCc1ccc(N=C2NC(=O)/C(=C/c3cc(OC)ccc3OC)S2)cc1. The lowest BCUT2D eigenvalue weighted by Gasteiger charge is -2.07. The molecule has 1 fully saturated rings. The summed E-state index contributed by atoms with van der Waals surface area (Å²) in [5, 5.41) is 3.36. The van der Waals surface area contributed by atoms with Gasteiger partial charge in [0.15, 0.2) is 5.17 Å². The normalized spacial score (nSPS) is 16.8. The number of ether oxygens (including phenoxy) is 2. The van der Waals surface area contributed by atoms with Gasteiger partial charge in [-0.05, 0) is 60.2 Å². The van der Waals surface area contributed by atoms with Crippen LogP contribution in [0.1, 0.15) is 18.1 Å². The molecule has 5 nitrogen and oxygen atoms in total. The van der Waals surface area contributed by atoms with Gasteiger partial charge in [0, 0.05) is 5.56 Å². The number of nitrogens with zero attached hydrogens (tertiary/aromatic N) is 1. The van der Waals surface area contributed by atoms with E-state index in [2.05, 4.69) is 17.2 Å². The number of aliphatic imine (C=N–C) groups is 1. The molecule has 1 amide bonds. The Bertz CT molecular complexity index is 873. The lowest BCUT2D eigenvalue weighted by Crippen LogP contribution is -2.19. The molecule has 0 aromatic heterocycles. The molecule has 0 atom stereocenters. The van der Waals surface area contributed by atoms with Crippen LogP contribution in [0.2, 0.25) is 0 Å². The van der Waals surface area contributed by atoms with Crippen molar-refractivity contribution in [2.24, 2.45) is 4.99 Å². The van der Waals surface area contributed by atoms with Crippen LogP contribution < -0.4 is 14.8 Å². The number of amidine groups is 1. The average Bonchev–Trinajstić information content (AvgIpc) is 3.01. The van der Waals surface area contributed by atoms with Crippen LogP contribution in [0.25, 0.3) is 6.08 Å². The molecule has 2 aromatic rings. The number of carbonyl (C=O) groups is 1. The highest BCUT2D eigenvalue weighted by Crippen LogP contribution is 2.32. The highest BCUT2D eigenvalue weighted by atomic mass is 32.2.